The van der Waals surface area contributed by atoms with Crippen molar-refractivity contribution in [3.8, 4) is 17.1 Å². The summed E-state index contributed by atoms with van der Waals surface area (Å²) >= 11 is 0. The van der Waals surface area contributed by atoms with Crippen molar-refractivity contribution in [2.45, 2.75) is 40.5 Å². The van der Waals surface area contributed by atoms with E-state index in [-0.39, 0.29) is 0 Å². The molecule has 0 atom stereocenters. The summed E-state index contributed by atoms with van der Waals surface area (Å²) in [6, 6.07) is 5.85. The molecule has 0 saturated carbocycles. The lowest BCUT2D eigenvalue weighted by atomic mass is 10.0. The van der Waals surface area contributed by atoms with E-state index in [1.807, 2.05) is 39.0 Å². The lowest BCUT2D eigenvalue weighted by Crippen LogP contribution is -2.05. The molecule has 0 unspecified atom stereocenters. The summed E-state index contributed by atoms with van der Waals surface area (Å²) in [6.45, 7) is 10.9. The molecule has 2 rings (SSSR count). The van der Waals surface area contributed by atoms with E-state index in [1.54, 1.807) is 0 Å². The molecule has 0 aliphatic carbocycles. The Bertz CT molecular complexity index is 627. The SMILES string of the molecule is CCNc1cc(C(C)C)nc(-c2cc(C)c(O)c(C)c2)n1. The first kappa shape index (κ1) is 15.3. The van der Waals surface area contributed by atoms with E-state index in [2.05, 4.69) is 29.1 Å². The molecule has 4 nitrogen and oxygen atoms in total. The Morgan fingerprint density at radius 2 is 1.71 bits per heavy atom. The van der Waals surface area contributed by atoms with Gasteiger partial charge in [-0.1, -0.05) is 13.8 Å². The third-order valence-electron chi connectivity index (χ3n) is 3.44. The third-order valence-corrected chi connectivity index (χ3v) is 3.44. The molecule has 1 heterocycles. The van der Waals surface area contributed by atoms with Gasteiger partial charge in [0.1, 0.15) is 11.6 Å². The average molecular weight is 285 g/mol. The number of nitrogens with zero attached hydrogens (tertiary/aromatic N) is 2. The van der Waals surface area contributed by atoms with Gasteiger partial charge in [-0.3, -0.25) is 0 Å². The minimum atomic E-state index is 0.337. The maximum atomic E-state index is 9.91. The molecular weight excluding hydrogens is 262 g/mol. The number of hydrogen-bond acceptors (Lipinski definition) is 4. The van der Waals surface area contributed by atoms with Crippen LogP contribution in [0.3, 0.4) is 0 Å². The van der Waals surface area contributed by atoms with Crippen LogP contribution in [0.1, 0.15) is 43.5 Å². The summed E-state index contributed by atoms with van der Waals surface area (Å²) in [5.41, 5.74) is 3.63. The van der Waals surface area contributed by atoms with Gasteiger partial charge < -0.3 is 10.4 Å². The van der Waals surface area contributed by atoms with Crippen molar-refractivity contribution in [1.29, 1.82) is 0 Å². The lowest BCUT2D eigenvalue weighted by Gasteiger charge is -2.12. The minimum Gasteiger partial charge on any atom is -0.507 e. The molecule has 0 radical (unpaired) electrons. The number of nitrogens with one attached hydrogen (secondary N) is 1. The molecule has 0 saturated heterocycles. The molecular formula is C17H23N3O. The lowest BCUT2D eigenvalue weighted by molar-refractivity contribution is 0.467. The molecule has 4 heteroatoms. The van der Waals surface area contributed by atoms with Crippen molar-refractivity contribution >= 4 is 5.82 Å². The van der Waals surface area contributed by atoms with Gasteiger partial charge in [-0.15, -0.1) is 0 Å². The fraction of sp³-hybridized carbons (Fsp3) is 0.412. The first-order chi connectivity index (χ1) is 9.92. The van der Waals surface area contributed by atoms with Gasteiger partial charge in [0.05, 0.1) is 0 Å². The van der Waals surface area contributed by atoms with Gasteiger partial charge in [0.2, 0.25) is 0 Å². The Kier molecular flexibility index (Phi) is 4.46. The van der Waals surface area contributed by atoms with Gasteiger partial charge in [0.15, 0.2) is 5.82 Å². The second-order valence-electron chi connectivity index (χ2n) is 5.65. The van der Waals surface area contributed by atoms with Crippen LogP contribution in [-0.2, 0) is 0 Å². The van der Waals surface area contributed by atoms with E-state index in [4.69, 9.17) is 0 Å². The van der Waals surface area contributed by atoms with Crippen molar-refractivity contribution in [2.75, 3.05) is 11.9 Å². The summed E-state index contributed by atoms with van der Waals surface area (Å²) in [5, 5.41) is 13.2. The van der Waals surface area contributed by atoms with Gasteiger partial charge in [-0.05, 0) is 49.9 Å². The second-order valence-corrected chi connectivity index (χ2v) is 5.65. The van der Waals surface area contributed by atoms with Crippen LogP contribution in [0.25, 0.3) is 11.4 Å². The molecule has 0 bridgehead atoms. The highest BCUT2D eigenvalue weighted by Crippen LogP contribution is 2.29. The van der Waals surface area contributed by atoms with E-state index in [0.717, 1.165) is 34.7 Å². The van der Waals surface area contributed by atoms with Crippen molar-refractivity contribution in [3.63, 3.8) is 0 Å². The molecule has 1 aromatic heterocycles. The number of phenolic OH excluding ortho intramolecular Hbond substituents is 1. The Balaban J connectivity index is 2.57. The van der Waals surface area contributed by atoms with Crippen LogP contribution in [0.5, 0.6) is 5.75 Å². The maximum Gasteiger partial charge on any atom is 0.161 e. The van der Waals surface area contributed by atoms with Crippen LogP contribution < -0.4 is 5.32 Å². The van der Waals surface area contributed by atoms with Crippen LogP contribution in [0.2, 0.25) is 0 Å². The van der Waals surface area contributed by atoms with Gasteiger partial charge in [0, 0.05) is 23.9 Å². The normalized spacial score (nSPS) is 11.0. The number of aryl methyl sites for hydroxylation is 2. The standard InChI is InChI=1S/C17H23N3O/c1-6-18-15-9-14(10(2)3)19-17(20-15)13-7-11(4)16(21)12(5)8-13/h7-10,21H,6H2,1-5H3,(H,18,19,20). The Morgan fingerprint density at radius 3 is 2.24 bits per heavy atom. The van der Waals surface area contributed by atoms with Crippen LogP contribution in [0, 0.1) is 13.8 Å². The van der Waals surface area contributed by atoms with Gasteiger partial charge in [-0.25, -0.2) is 9.97 Å². The minimum absolute atomic E-state index is 0.337. The van der Waals surface area contributed by atoms with Crippen LogP contribution >= 0.6 is 0 Å². The van der Waals surface area contributed by atoms with Crippen LogP contribution in [-0.4, -0.2) is 21.6 Å². The Hall–Kier alpha value is -2.10. The van der Waals surface area contributed by atoms with Crippen molar-refractivity contribution in [3.05, 3.63) is 35.0 Å². The molecule has 1 aromatic carbocycles. The fourth-order valence-corrected chi connectivity index (χ4v) is 2.25. The van der Waals surface area contributed by atoms with E-state index in [9.17, 15) is 5.11 Å². The van der Waals surface area contributed by atoms with Crippen LogP contribution in [0.15, 0.2) is 18.2 Å². The number of anilines is 1. The van der Waals surface area contributed by atoms with Crippen molar-refractivity contribution in [2.24, 2.45) is 0 Å². The zero-order valence-electron chi connectivity index (χ0n) is 13.4. The number of hydrogen-bond donors (Lipinski definition) is 2. The number of aromatic nitrogens is 2. The highest BCUT2D eigenvalue weighted by atomic mass is 16.3. The third kappa shape index (κ3) is 3.32. The Labute approximate surface area is 126 Å². The van der Waals surface area contributed by atoms with E-state index >= 15 is 0 Å². The molecule has 0 spiro atoms. The highest BCUT2D eigenvalue weighted by molar-refractivity contribution is 5.62. The zero-order chi connectivity index (χ0) is 15.6. The highest BCUT2D eigenvalue weighted by Gasteiger charge is 2.11. The monoisotopic (exact) mass is 285 g/mol. The number of aromatic hydroxyl groups is 1. The van der Waals surface area contributed by atoms with Crippen molar-refractivity contribution in [1.82, 2.24) is 9.97 Å². The second kappa shape index (κ2) is 6.12. The number of rotatable bonds is 4. The summed E-state index contributed by atoms with van der Waals surface area (Å²) in [4.78, 5) is 9.25. The quantitative estimate of drug-likeness (QED) is 0.890. The molecule has 21 heavy (non-hydrogen) atoms. The maximum absolute atomic E-state index is 9.91. The van der Waals surface area contributed by atoms with Gasteiger partial charge in [-0.2, -0.15) is 0 Å². The number of benzene rings is 1. The predicted octanol–water partition coefficient (Wildman–Crippen LogP) is 4.02. The summed E-state index contributed by atoms with van der Waals surface area (Å²) in [7, 11) is 0. The predicted molar refractivity (Wildman–Crippen MR) is 86.9 cm³/mol. The van der Waals surface area contributed by atoms with Crippen LogP contribution in [0.4, 0.5) is 5.82 Å². The molecule has 2 aromatic rings. The summed E-state index contributed by atoms with van der Waals surface area (Å²) in [6.07, 6.45) is 0. The van der Waals surface area contributed by atoms with E-state index in [1.165, 1.54) is 0 Å². The van der Waals surface area contributed by atoms with Gasteiger partial charge in [0.25, 0.3) is 0 Å². The largest absolute Gasteiger partial charge is 0.507 e. The fourth-order valence-electron chi connectivity index (χ4n) is 2.25. The Morgan fingerprint density at radius 1 is 1.10 bits per heavy atom. The van der Waals surface area contributed by atoms with Crippen molar-refractivity contribution < 1.29 is 5.11 Å². The molecule has 0 aliphatic rings. The molecule has 2 N–H and O–H groups in total. The number of phenols is 1. The summed E-state index contributed by atoms with van der Waals surface area (Å²) in [5.74, 6) is 2.21. The molecule has 0 aliphatic heterocycles. The smallest absolute Gasteiger partial charge is 0.161 e. The van der Waals surface area contributed by atoms with E-state index < -0.39 is 0 Å². The zero-order valence-corrected chi connectivity index (χ0v) is 13.4. The topological polar surface area (TPSA) is 58.0 Å². The first-order valence-corrected chi connectivity index (χ1v) is 7.35. The molecule has 112 valence electrons. The van der Waals surface area contributed by atoms with Gasteiger partial charge >= 0.3 is 0 Å². The first-order valence-electron chi connectivity index (χ1n) is 7.35. The molecule has 0 fully saturated rings. The molecule has 0 amide bonds. The van der Waals surface area contributed by atoms with E-state index in [0.29, 0.717) is 17.5 Å². The summed E-state index contributed by atoms with van der Waals surface area (Å²) < 4.78 is 0. The average Bonchev–Trinajstić information content (AvgIpc) is 2.44.